The van der Waals surface area contributed by atoms with Gasteiger partial charge in [0.15, 0.2) is 0 Å². The van der Waals surface area contributed by atoms with Crippen LogP contribution in [0.5, 0.6) is 0 Å². The number of esters is 1. The van der Waals surface area contributed by atoms with Crippen LogP contribution in [0, 0.1) is 0 Å². The van der Waals surface area contributed by atoms with Gasteiger partial charge in [0.05, 0.1) is 12.2 Å². The van der Waals surface area contributed by atoms with Gasteiger partial charge in [-0.3, -0.25) is 4.79 Å². The van der Waals surface area contributed by atoms with Gasteiger partial charge in [-0.15, -0.1) is 0 Å². The highest BCUT2D eigenvalue weighted by Gasteiger charge is 2.06. The van der Waals surface area contributed by atoms with Crippen molar-refractivity contribution < 1.29 is 14.3 Å². The number of aromatic nitrogens is 1. The van der Waals surface area contributed by atoms with Gasteiger partial charge in [0.25, 0.3) is 0 Å². The Balaban J connectivity index is 2.40. The van der Waals surface area contributed by atoms with Crippen molar-refractivity contribution in [3.8, 4) is 0 Å². The van der Waals surface area contributed by atoms with Crippen molar-refractivity contribution >= 4 is 17.7 Å². The monoisotopic (exact) mass is 251 g/mol. The number of hydrogen-bond acceptors (Lipinski definition) is 5. The summed E-state index contributed by atoms with van der Waals surface area (Å²) in [6, 6.07) is 3.34. The normalized spacial score (nSPS) is 9.67. The maximum atomic E-state index is 11.4. The summed E-state index contributed by atoms with van der Waals surface area (Å²) in [7, 11) is 0. The van der Waals surface area contributed by atoms with Gasteiger partial charge >= 0.3 is 5.97 Å². The van der Waals surface area contributed by atoms with Gasteiger partial charge in [-0.25, -0.2) is 9.78 Å². The minimum atomic E-state index is -0.380. The van der Waals surface area contributed by atoms with Crippen LogP contribution >= 0.6 is 0 Å². The number of ether oxygens (including phenoxy) is 1. The third kappa shape index (κ3) is 4.82. The van der Waals surface area contributed by atoms with Crippen LogP contribution in [0.15, 0.2) is 18.3 Å². The molecule has 0 spiro atoms. The second-order valence-corrected chi connectivity index (χ2v) is 3.56. The Bertz CT molecular complexity index is 404. The molecule has 1 rings (SSSR count). The van der Waals surface area contributed by atoms with E-state index >= 15 is 0 Å². The van der Waals surface area contributed by atoms with Gasteiger partial charge in [-0.1, -0.05) is 0 Å². The molecule has 0 aromatic carbocycles. The Morgan fingerprint density at radius 1 is 1.33 bits per heavy atom. The third-order valence-corrected chi connectivity index (χ3v) is 2.08. The minimum Gasteiger partial charge on any atom is -0.462 e. The molecule has 0 aliphatic heterocycles. The average molecular weight is 251 g/mol. The smallest absolute Gasteiger partial charge is 0.339 e. The van der Waals surface area contributed by atoms with Crippen molar-refractivity contribution in [1.29, 1.82) is 0 Å². The van der Waals surface area contributed by atoms with Crippen LogP contribution in [-0.4, -0.2) is 36.6 Å². The molecule has 0 saturated carbocycles. The number of carbonyl (C=O) groups excluding carboxylic acids is 2. The predicted octanol–water partition coefficient (Wildman–Crippen LogP) is 0.806. The minimum absolute atomic E-state index is 0.0672. The molecule has 0 aliphatic rings. The van der Waals surface area contributed by atoms with Crippen LogP contribution in [0.1, 0.15) is 24.2 Å². The van der Waals surface area contributed by atoms with Gasteiger partial charge in [0, 0.05) is 26.2 Å². The molecule has 1 amide bonds. The standard InChI is InChI=1S/C12H17N3O3/c1-3-18-12(17)10-4-5-11(15-8-10)14-7-6-13-9(2)16/h4-5,8H,3,6-7H2,1-2H3,(H,13,16)(H,14,15). The van der Waals surface area contributed by atoms with Crippen LogP contribution in [0.4, 0.5) is 5.82 Å². The lowest BCUT2D eigenvalue weighted by Crippen LogP contribution is -2.26. The van der Waals surface area contributed by atoms with Crippen molar-refractivity contribution in [2.75, 3.05) is 25.0 Å². The molecule has 0 saturated heterocycles. The molecule has 1 aromatic heterocycles. The van der Waals surface area contributed by atoms with Gasteiger partial charge in [0.1, 0.15) is 5.82 Å². The second kappa shape index (κ2) is 7.26. The molecule has 1 heterocycles. The molecule has 0 atom stereocenters. The van der Waals surface area contributed by atoms with Crippen LogP contribution in [0.2, 0.25) is 0 Å². The Morgan fingerprint density at radius 2 is 2.11 bits per heavy atom. The van der Waals surface area contributed by atoms with Gasteiger partial charge in [0.2, 0.25) is 5.91 Å². The quantitative estimate of drug-likeness (QED) is 0.577. The summed E-state index contributed by atoms with van der Waals surface area (Å²) in [6.07, 6.45) is 1.46. The van der Waals surface area contributed by atoms with E-state index in [0.29, 0.717) is 31.1 Å². The summed E-state index contributed by atoms with van der Waals surface area (Å²) in [5.74, 6) is 0.200. The molecular weight excluding hydrogens is 234 g/mol. The molecule has 2 N–H and O–H groups in total. The van der Waals surface area contributed by atoms with Crippen LogP contribution in [0.3, 0.4) is 0 Å². The first-order chi connectivity index (χ1) is 8.63. The van der Waals surface area contributed by atoms with Crippen molar-refractivity contribution in [1.82, 2.24) is 10.3 Å². The highest BCUT2D eigenvalue weighted by molar-refractivity contribution is 5.89. The zero-order valence-corrected chi connectivity index (χ0v) is 10.5. The van der Waals surface area contributed by atoms with Crippen molar-refractivity contribution in [2.24, 2.45) is 0 Å². The van der Waals surface area contributed by atoms with E-state index in [1.807, 2.05) is 0 Å². The first-order valence-electron chi connectivity index (χ1n) is 5.75. The lowest BCUT2D eigenvalue weighted by molar-refractivity contribution is -0.118. The molecule has 0 fully saturated rings. The first kappa shape index (κ1) is 14.0. The number of anilines is 1. The average Bonchev–Trinajstić information content (AvgIpc) is 2.35. The Labute approximate surface area is 106 Å². The molecule has 98 valence electrons. The molecule has 18 heavy (non-hydrogen) atoms. The van der Waals surface area contributed by atoms with Crippen molar-refractivity contribution in [2.45, 2.75) is 13.8 Å². The number of rotatable bonds is 6. The molecule has 0 unspecified atom stereocenters. The van der Waals surface area contributed by atoms with E-state index in [1.54, 1.807) is 19.1 Å². The number of nitrogens with one attached hydrogen (secondary N) is 2. The molecule has 6 nitrogen and oxygen atoms in total. The molecular formula is C12H17N3O3. The van der Waals surface area contributed by atoms with E-state index in [-0.39, 0.29) is 11.9 Å². The van der Waals surface area contributed by atoms with Crippen LogP contribution < -0.4 is 10.6 Å². The van der Waals surface area contributed by atoms with Gasteiger partial charge < -0.3 is 15.4 Å². The fraction of sp³-hybridized carbons (Fsp3) is 0.417. The topological polar surface area (TPSA) is 80.3 Å². The van der Waals surface area contributed by atoms with Crippen molar-refractivity contribution in [3.05, 3.63) is 23.9 Å². The molecule has 6 heteroatoms. The van der Waals surface area contributed by atoms with Crippen molar-refractivity contribution in [3.63, 3.8) is 0 Å². The maximum Gasteiger partial charge on any atom is 0.339 e. The summed E-state index contributed by atoms with van der Waals surface area (Å²) >= 11 is 0. The van der Waals surface area contributed by atoms with Gasteiger partial charge in [-0.05, 0) is 19.1 Å². The second-order valence-electron chi connectivity index (χ2n) is 3.56. The molecule has 0 bridgehead atoms. The van der Waals surface area contributed by atoms with E-state index in [1.165, 1.54) is 13.1 Å². The van der Waals surface area contributed by atoms with Crippen LogP contribution in [0.25, 0.3) is 0 Å². The zero-order chi connectivity index (χ0) is 13.4. The van der Waals surface area contributed by atoms with E-state index in [9.17, 15) is 9.59 Å². The third-order valence-electron chi connectivity index (χ3n) is 2.08. The Morgan fingerprint density at radius 3 is 2.67 bits per heavy atom. The summed E-state index contributed by atoms with van der Waals surface area (Å²) in [5.41, 5.74) is 0.421. The largest absolute Gasteiger partial charge is 0.462 e. The molecule has 0 radical (unpaired) electrons. The summed E-state index contributed by atoms with van der Waals surface area (Å²) in [5, 5.41) is 5.68. The number of amides is 1. The molecule has 1 aromatic rings. The Kier molecular flexibility index (Phi) is 5.63. The Hall–Kier alpha value is -2.11. The molecule has 0 aliphatic carbocycles. The number of pyridine rings is 1. The van der Waals surface area contributed by atoms with E-state index in [2.05, 4.69) is 15.6 Å². The highest BCUT2D eigenvalue weighted by Crippen LogP contribution is 2.05. The summed E-state index contributed by atoms with van der Waals surface area (Å²) in [4.78, 5) is 26.1. The maximum absolute atomic E-state index is 11.4. The fourth-order valence-corrected chi connectivity index (χ4v) is 1.26. The summed E-state index contributed by atoms with van der Waals surface area (Å²) < 4.78 is 4.85. The summed E-state index contributed by atoms with van der Waals surface area (Å²) in [6.45, 7) is 4.66. The first-order valence-corrected chi connectivity index (χ1v) is 5.75. The number of hydrogen-bond donors (Lipinski definition) is 2. The van der Waals surface area contributed by atoms with E-state index in [4.69, 9.17) is 4.74 Å². The zero-order valence-electron chi connectivity index (χ0n) is 10.5. The number of carbonyl (C=O) groups is 2. The predicted molar refractivity (Wildman–Crippen MR) is 67.4 cm³/mol. The lowest BCUT2D eigenvalue weighted by Gasteiger charge is -2.06. The number of nitrogens with zero attached hydrogens (tertiary/aromatic N) is 1. The van der Waals surface area contributed by atoms with E-state index < -0.39 is 0 Å². The van der Waals surface area contributed by atoms with E-state index in [0.717, 1.165) is 0 Å². The van der Waals surface area contributed by atoms with Crippen LogP contribution in [-0.2, 0) is 9.53 Å². The fourth-order valence-electron chi connectivity index (χ4n) is 1.26. The SMILES string of the molecule is CCOC(=O)c1ccc(NCCNC(C)=O)nc1. The van der Waals surface area contributed by atoms with Gasteiger partial charge in [-0.2, -0.15) is 0 Å². The highest BCUT2D eigenvalue weighted by atomic mass is 16.5. The lowest BCUT2D eigenvalue weighted by atomic mass is 10.3.